The zero-order valence-electron chi connectivity index (χ0n) is 24.8. The quantitative estimate of drug-likeness (QED) is 0.292. The SMILES string of the molecule is COc1cc(S(N)(=O)=O)ccc1NCC#Cc1cc2c(N[C@H]3CC[C@H](N4CCC(OC)C4)CC3)cccc2n1CC(F)(F)F. The highest BCUT2D eigenvalue weighted by atomic mass is 32.2. The average molecular weight is 634 g/mol. The average Bonchev–Trinajstić information content (AvgIpc) is 3.60. The highest BCUT2D eigenvalue weighted by Crippen LogP contribution is 2.33. The lowest BCUT2D eigenvalue weighted by Crippen LogP contribution is -2.39. The molecular formula is C31H38F3N5O4S. The molecule has 1 saturated carbocycles. The fourth-order valence-electron chi connectivity index (χ4n) is 6.22. The molecule has 238 valence electrons. The van der Waals surface area contributed by atoms with Crippen LogP contribution in [0.5, 0.6) is 5.75 Å². The fraction of sp³-hybridized carbons (Fsp3) is 0.484. The van der Waals surface area contributed by atoms with Crippen LogP contribution in [0.15, 0.2) is 47.4 Å². The number of hydrogen-bond donors (Lipinski definition) is 3. The Morgan fingerprint density at radius 2 is 1.82 bits per heavy atom. The third-order valence-electron chi connectivity index (χ3n) is 8.45. The van der Waals surface area contributed by atoms with E-state index in [4.69, 9.17) is 14.6 Å². The maximum atomic E-state index is 13.6. The van der Waals surface area contributed by atoms with Crippen LogP contribution in [0.25, 0.3) is 10.9 Å². The van der Waals surface area contributed by atoms with E-state index in [2.05, 4.69) is 27.4 Å². The van der Waals surface area contributed by atoms with Gasteiger partial charge in [0.05, 0.1) is 41.6 Å². The molecule has 1 saturated heterocycles. The maximum Gasteiger partial charge on any atom is 0.406 e. The van der Waals surface area contributed by atoms with Crippen LogP contribution in [0, 0.1) is 11.8 Å². The predicted octanol–water partition coefficient (Wildman–Crippen LogP) is 4.77. The number of benzene rings is 2. The number of hydrogen-bond acceptors (Lipinski definition) is 7. The van der Waals surface area contributed by atoms with Crippen molar-refractivity contribution in [1.82, 2.24) is 9.47 Å². The van der Waals surface area contributed by atoms with E-state index in [1.165, 1.54) is 29.9 Å². The minimum Gasteiger partial charge on any atom is -0.495 e. The largest absolute Gasteiger partial charge is 0.495 e. The van der Waals surface area contributed by atoms with Gasteiger partial charge in [-0.15, -0.1) is 0 Å². The van der Waals surface area contributed by atoms with Gasteiger partial charge in [-0.2, -0.15) is 13.2 Å². The number of ether oxygens (including phenoxy) is 2. The number of aromatic nitrogens is 1. The number of fused-ring (bicyclic) bond motifs is 1. The van der Waals surface area contributed by atoms with Gasteiger partial charge in [-0.3, -0.25) is 4.90 Å². The van der Waals surface area contributed by atoms with Crippen molar-refractivity contribution in [2.45, 2.75) is 67.9 Å². The number of anilines is 2. The molecule has 0 bridgehead atoms. The van der Waals surface area contributed by atoms with Crippen LogP contribution in [-0.2, 0) is 21.3 Å². The second kappa shape index (κ2) is 13.3. The lowest BCUT2D eigenvalue weighted by Gasteiger charge is -2.35. The van der Waals surface area contributed by atoms with Gasteiger partial charge in [0, 0.05) is 49.4 Å². The molecule has 44 heavy (non-hydrogen) atoms. The van der Waals surface area contributed by atoms with Crippen LogP contribution < -0.4 is 20.5 Å². The topological polar surface area (TPSA) is 111 Å². The van der Waals surface area contributed by atoms with E-state index < -0.39 is 22.7 Å². The maximum absolute atomic E-state index is 13.6. The first-order valence-corrected chi connectivity index (χ1v) is 16.2. The summed E-state index contributed by atoms with van der Waals surface area (Å²) in [5, 5.41) is 12.5. The van der Waals surface area contributed by atoms with E-state index in [0.717, 1.165) is 50.9 Å². The molecule has 1 atom stereocenters. The third kappa shape index (κ3) is 7.61. The molecule has 2 aromatic carbocycles. The van der Waals surface area contributed by atoms with Crippen LogP contribution in [0.4, 0.5) is 24.5 Å². The van der Waals surface area contributed by atoms with Crippen LogP contribution in [-0.4, -0.2) is 76.1 Å². The summed E-state index contributed by atoms with van der Waals surface area (Å²) >= 11 is 0. The Balaban J connectivity index is 1.31. The molecule has 1 aliphatic heterocycles. The number of nitrogens with zero attached hydrogens (tertiary/aromatic N) is 2. The van der Waals surface area contributed by atoms with Gasteiger partial charge in [-0.05, 0) is 68.4 Å². The molecule has 2 fully saturated rings. The number of halogens is 3. The number of likely N-dealkylation sites (tertiary alicyclic amines) is 1. The van der Waals surface area contributed by atoms with Crippen molar-refractivity contribution in [2.24, 2.45) is 5.14 Å². The van der Waals surface area contributed by atoms with Crippen LogP contribution in [0.3, 0.4) is 0 Å². The van der Waals surface area contributed by atoms with E-state index in [0.29, 0.717) is 28.7 Å². The van der Waals surface area contributed by atoms with Gasteiger partial charge in [0.15, 0.2) is 0 Å². The number of primary sulfonamides is 1. The normalized spacial score (nSPS) is 21.2. The number of sulfonamides is 1. The molecule has 1 aliphatic carbocycles. The number of rotatable bonds is 9. The van der Waals surface area contributed by atoms with Crippen molar-refractivity contribution in [1.29, 1.82) is 0 Å². The number of nitrogens with two attached hydrogens (primary N) is 1. The Morgan fingerprint density at radius 3 is 2.48 bits per heavy atom. The van der Waals surface area contributed by atoms with Crippen molar-refractivity contribution >= 4 is 32.3 Å². The van der Waals surface area contributed by atoms with E-state index >= 15 is 0 Å². The molecule has 4 N–H and O–H groups in total. The van der Waals surface area contributed by atoms with Crippen molar-refractivity contribution in [2.75, 3.05) is 44.5 Å². The second-order valence-electron chi connectivity index (χ2n) is 11.3. The van der Waals surface area contributed by atoms with Gasteiger partial charge in [0.25, 0.3) is 0 Å². The summed E-state index contributed by atoms with van der Waals surface area (Å²) in [5.41, 5.74) is 1.97. The van der Waals surface area contributed by atoms with Crippen molar-refractivity contribution in [3.8, 4) is 17.6 Å². The van der Waals surface area contributed by atoms with E-state index in [1.54, 1.807) is 25.3 Å². The Kier molecular flexibility index (Phi) is 9.65. The van der Waals surface area contributed by atoms with E-state index in [-0.39, 0.29) is 28.9 Å². The molecule has 5 rings (SSSR count). The van der Waals surface area contributed by atoms with Crippen LogP contribution in [0.2, 0.25) is 0 Å². The standard InChI is InChI=1S/C31H38F3N5O4S/c1-42-24-14-16-38(19-24)22-10-8-21(9-11-22)37-27-6-3-7-29-26(27)17-23(39(29)20-31(32,33)34)5-4-15-36-28-13-12-25(44(35,40)41)18-30(28)43-2/h3,6-7,12-13,17-18,21-22,24,36-37H,8-11,14-16,19-20H2,1-2H3,(H2,35,40,41)/t21-,22-,24?. The Labute approximate surface area is 255 Å². The van der Waals surface area contributed by atoms with E-state index in [1.807, 2.05) is 6.07 Å². The number of methoxy groups -OCH3 is 2. The minimum atomic E-state index is -4.43. The Bertz CT molecular complexity index is 1640. The Hall–Kier alpha value is -3.44. The summed E-state index contributed by atoms with van der Waals surface area (Å²) in [6, 6.07) is 12.0. The lowest BCUT2D eigenvalue weighted by molar-refractivity contribution is -0.140. The molecule has 2 aliphatic rings. The summed E-state index contributed by atoms with van der Waals surface area (Å²) in [7, 11) is -0.757. The molecule has 2 heterocycles. The zero-order valence-corrected chi connectivity index (χ0v) is 25.6. The van der Waals surface area contributed by atoms with Gasteiger partial charge < -0.3 is 24.7 Å². The first-order chi connectivity index (χ1) is 20.9. The second-order valence-corrected chi connectivity index (χ2v) is 12.9. The van der Waals surface area contributed by atoms with Crippen LogP contribution in [0.1, 0.15) is 37.8 Å². The molecule has 1 unspecified atom stereocenters. The highest BCUT2D eigenvalue weighted by Gasteiger charge is 2.32. The predicted molar refractivity (Wildman–Crippen MR) is 164 cm³/mol. The first-order valence-electron chi connectivity index (χ1n) is 14.6. The smallest absolute Gasteiger partial charge is 0.406 e. The summed E-state index contributed by atoms with van der Waals surface area (Å²) < 4.78 is 76.2. The third-order valence-corrected chi connectivity index (χ3v) is 9.36. The minimum absolute atomic E-state index is 0.0785. The fourth-order valence-corrected chi connectivity index (χ4v) is 6.74. The summed E-state index contributed by atoms with van der Waals surface area (Å²) in [4.78, 5) is 2.42. The van der Waals surface area contributed by atoms with Gasteiger partial charge in [-0.1, -0.05) is 12.0 Å². The first kappa shape index (κ1) is 32.0. The molecule has 9 nitrogen and oxygen atoms in total. The molecule has 3 aromatic rings. The van der Waals surface area contributed by atoms with Gasteiger partial charge in [-0.25, -0.2) is 13.6 Å². The van der Waals surface area contributed by atoms with Gasteiger partial charge >= 0.3 is 6.18 Å². The zero-order chi connectivity index (χ0) is 31.5. The highest BCUT2D eigenvalue weighted by molar-refractivity contribution is 7.89. The number of alkyl halides is 3. The molecule has 0 amide bonds. The van der Waals surface area contributed by atoms with Crippen molar-refractivity contribution in [3.63, 3.8) is 0 Å². The molecule has 13 heteroatoms. The monoisotopic (exact) mass is 633 g/mol. The van der Waals surface area contributed by atoms with Gasteiger partial charge in [0.1, 0.15) is 12.3 Å². The number of nitrogens with one attached hydrogen (secondary N) is 2. The molecule has 0 radical (unpaired) electrons. The van der Waals surface area contributed by atoms with Crippen molar-refractivity contribution < 1.29 is 31.1 Å². The summed E-state index contributed by atoms with van der Waals surface area (Å²) in [6.45, 7) is 0.951. The summed E-state index contributed by atoms with van der Waals surface area (Å²) in [6.07, 6.45) is 1.05. The van der Waals surface area contributed by atoms with Gasteiger partial charge in [0.2, 0.25) is 10.0 Å². The van der Waals surface area contributed by atoms with Crippen molar-refractivity contribution in [3.05, 3.63) is 48.2 Å². The van der Waals surface area contributed by atoms with Crippen LogP contribution >= 0.6 is 0 Å². The molecular weight excluding hydrogens is 595 g/mol. The Morgan fingerprint density at radius 1 is 1.05 bits per heavy atom. The summed E-state index contributed by atoms with van der Waals surface area (Å²) in [5.74, 6) is 6.03. The molecule has 0 spiro atoms. The molecule has 1 aromatic heterocycles. The lowest BCUT2D eigenvalue weighted by atomic mass is 9.90. The van der Waals surface area contributed by atoms with E-state index in [9.17, 15) is 21.6 Å².